The first-order chi connectivity index (χ1) is 10.2. The molecule has 0 aliphatic rings. The standard InChI is InChI=1S/C15H10F2N2O2/c16-15(17)20-12-8-4-7-11(9-12)14-19-18-13(21-14)10-5-2-1-3-6-10/h1-9,15H. The molecular formula is C15H10F2N2O2. The van der Waals surface area contributed by atoms with Gasteiger partial charge in [-0.15, -0.1) is 10.2 Å². The minimum absolute atomic E-state index is 0.0435. The van der Waals surface area contributed by atoms with Crippen LogP contribution in [0.5, 0.6) is 5.75 Å². The Bertz CT molecular complexity index is 729. The number of benzene rings is 2. The summed E-state index contributed by atoms with van der Waals surface area (Å²) in [5, 5.41) is 7.87. The van der Waals surface area contributed by atoms with E-state index in [0.29, 0.717) is 11.5 Å². The van der Waals surface area contributed by atoms with Crippen molar-refractivity contribution in [3.05, 3.63) is 54.6 Å². The van der Waals surface area contributed by atoms with Crippen molar-refractivity contribution in [3.8, 4) is 28.7 Å². The zero-order valence-electron chi connectivity index (χ0n) is 10.7. The van der Waals surface area contributed by atoms with Gasteiger partial charge in [-0.25, -0.2) is 0 Å². The Morgan fingerprint density at radius 2 is 1.52 bits per heavy atom. The first-order valence-corrected chi connectivity index (χ1v) is 6.16. The van der Waals surface area contributed by atoms with Crippen molar-refractivity contribution in [1.82, 2.24) is 10.2 Å². The Labute approximate surface area is 119 Å². The molecule has 6 heteroatoms. The Hall–Kier alpha value is -2.76. The number of hydrogen-bond acceptors (Lipinski definition) is 4. The van der Waals surface area contributed by atoms with E-state index in [-0.39, 0.29) is 11.6 Å². The highest BCUT2D eigenvalue weighted by Crippen LogP contribution is 2.26. The second-order valence-electron chi connectivity index (χ2n) is 4.18. The molecule has 0 unspecified atom stereocenters. The molecular weight excluding hydrogens is 278 g/mol. The van der Waals surface area contributed by atoms with Gasteiger partial charge in [0.2, 0.25) is 11.8 Å². The van der Waals surface area contributed by atoms with E-state index >= 15 is 0 Å². The molecule has 3 aromatic rings. The van der Waals surface area contributed by atoms with E-state index in [9.17, 15) is 8.78 Å². The third kappa shape index (κ3) is 3.05. The van der Waals surface area contributed by atoms with E-state index in [0.717, 1.165) is 5.56 Å². The maximum Gasteiger partial charge on any atom is 0.387 e. The molecule has 0 bridgehead atoms. The van der Waals surface area contributed by atoms with Gasteiger partial charge in [0.05, 0.1) is 0 Å². The molecule has 1 aromatic heterocycles. The molecule has 0 radical (unpaired) electrons. The number of ether oxygens (including phenoxy) is 1. The minimum atomic E-state index is -2.87. The van der Waals surface area contributed by atoms with Gasteiger partial charge in [-0.1, -0.05) is 24.3 Å². The quantitative estimate of drug-likeness (QED) is 0.728. The smallest absolute Gasteiger partial charge is 0.387 e. The summed E-state index contributed by atoms with van der Waals surface area (Å²) in [6, 6.07) is 15.4. The van der Waals surface area contributed by atoms with E-state index in [4.69, 9.17) is 4.42 Å². The second kappa shape index (κ2) is 5.70. The van der Waals surface area contributed by atoms with Crippen molar-refractivity contribution in [3.63, 3.8) is 0 Å². The number of nitrogens with zero attached hydrogens (tertiary/aromatic N) is 2. The van der Waals surface area contributed by atoms with Crippen molar-refractivity contribution in [2.45, 2.75) is 6.61 Å². The van der Waals surface area contributed by atoms with Crippen LogP contribution in [0.1, 0.15) is 0 Å². The van der Waals surface area contributed by atoms with Crippen molar-refractivity contribution in [2.75, 3.05) is 0 Å². The van der Waals surface area contributed by atoms with Crippen LogP contribution in [0.3, 0.4) is 0 Å². The number of rotatable bonds is 4. The van der Waals surface area contributed by atoms with Gasteiger partial charge in [-0.2, -0.15) is 8.78 Å². The van der Waals surface area contributed by atoms with Crippen LogP contribution in [0, 0.1) is 0 Å². The lowest BCUT2D eigenvalue weighted by molar-refractivity contribution is -0.0498. The largest absolute Gasteiger partial charge is 0.435 e. The van der Waals surface area contributed by atoms with Gasteiger partial charge < -0.3 is 9.15 Å². The van der Waals surface area contributed by atoms with Gasteiger partial charge in [0, 0.05) is 11.1 Å². The summed E-state index contributed by atoms with van der Waals surface area (Å²) in [4.78, 5) is 0. The highest BCUT2D eigenvalue weighted by Gasteiger charge is 2.12. The lowest BCUT2D eigenvalue weighted by Crippen LogP contribution is -2.01. The van der Waals surface area contributed by atoms with Gasteiger partial charge in [0.25, 0.3) is 0 Å². The molecule has 2 aromatic carbocycles. The maximum atomic E-state index is 12.2. The molecule has 106 valence electrons. The fourth-order valence-electron chi connectivity index (χ4n) is 1.84. The van der Waals surface area contributed by atoms with Crippen LogP contribution in [-0.2, 0) is 0 Å². The number of alkyl halides is 2. The van der Waals surface area contributed by atoms with Crippen LogP contribution in [0.15, 0.2) is 59.0 Å². The Kier molecular flexibility index (Phi) is 3.59. The number of halogens is 2. The monoisotopic (exact) mass is 288 g/mol. The van der Waals surface area contributed by atoms with E-state index in [1.165, 1.54) is 12.1 Å². The summed E-state index contributed by atoms with van der Waals surface area (Å²) in [7, 11) is 0. The predicted molar refractivity (Wildman–Crippen MR) is 71.8 cm³/mol. The Morgan fingerprint density at radius 1 is 0.857 bits per heavy atom. The third-order valence-corrected chi connectivity index (χ3v) is 2.75. The van der Waals surface area contributed by atoms with Gasteiger partial charge in [-0.05, 0) is 30.3 Å². The molecule has 0 saturated carbocycles. The van der Waals surface area contributed by atoms with Crippen LogP contribution in [-0.4, -0.2) is 16.8 Å². The maximum absolute atomic E-state index is 12.2. The van der Waals surface area contributed by atoms with E-state index in [1.807, 2.05) is 30.3 Å². The van der Waals surface area contributed by atoms with Crippen molar-refractivity contribution in [1.29, 1.82) is 0 Å². The van der Waals surface area contributed by atoms with Crippen LogP contribution in [0.4, 0.5) is 8.78 Å². The Balaban J connectivity index is 1.90. The van der Waals surface area contributed by atoms with Gasteiger partial charge in [0.15, 0.2) is 0 Å². The molecule has 0 fully saturated rings. The molecule has 21 heavy (non-hydrogen) atoms. The van der Waals surface area contributed by atoms with Crippen molar-refractivity contribution in [2.24, 2.45) is 0 Å². The Morgan fingerprint density at radius 3 is 2.24 bits per heavy atom. The number of hydrogen-bond donors (Lipinski definition) is 0. The van der Waals surface area contributed by atoms with Crippen LogP contribution < -0.4 is 4.74 Å². The van der Waals surface area contributed by atoms with Crippen molar-refractivity contribution < 1.29 is 17.9 Å². The molecule has 0 N–H and O–H groups in total. The van der Waals surface area contributed by atoms with Crippen LogP contribution in [0.2, 0.25) is 0 Å². The van der Waals surface area contributed by atoms with Gasteiger partial charge in [0.1, 0.15) is 5.75 Å². The fourth-order valence-corrected chi connectivity index (χ4v) is 1.84. The summed E-state index contributed by atoms with van der Waals surface area (Å²) >= 11 is 0. The highest BCUT2D eigenvalue weighted by atomic mass is 19.3. The molecule has 0 aliphatic carbocycles. The lowest BCUT2D eigenvalue weighted by Gasteiger charge is -2.04. The lowest BCUT2D eigenvalue weighted by atomic mass is 10.2. The SMILES string of the molecule is FC(F)Oc1cccc(-c2nnc(-c3ccccc3)o2)c1. The van der Waals surface area contributed by atoms with Crippen LogP contribution >= 0.6 is 0 Å². The number of aromatic nitrogens is 2. The molecule has 0 saturated heterocycles. The molecule has 0 spiro atoms. The first kappa shape index (κ1) is 13.2. The summed E-state index contributed by atoms with van der Waals surface area (Å²) in [6.45, 7) is -2.87. The summed E-state index contributed by atoms with van der Waals surface area (Å²) < 4.78 is 34.3. The minimum Gasteiger partial charge on any atom is -0.435 e. The zero-order valence-corrected chi connectivity index (χ0v) is 10.7. The first-order valence-electron chi connectivity index (χ1n) is 6.16. The average molecular weight is 288 g/mol. The summed E-state index contributed by atoms with van der Waals surface area (Å²) in [6.07, 6.45) is 0. The van der Waals surface area contributed by atoms with Gasteiger partial charge >= 0.3 is 6.61 Å². The molecule has 4 nitrogen and oxygen atoms in total. The zero-order chi connectivity index (χ0) is 14.7. The topological polar surface area (TPSA) is 48.2 Å². The molecule has 0 amide bonds. The van der Waals surface area contributed by atoms with E-state index < -0.39 is 6.61 Å². The molecule has 0 aliphatic heterocycles. The predicted octanol–water partition coefficient (Wildman–Crippen LogP) is 4.01. The van der Waals surface area contributed by atoms with E-state index in [2.05, 4.69) is 14.9 Å². The normalized spacial score (nSPS) is 10.8. The summed E-state index contributed by atoms with van der Waals surface area (Å²) in [5.74, 6) is 0.654. The van der Waals surface area contributed by atoms with Crippen molar-refractivity contribution >= 4 is 0 Å². The molecule has 0 atom stereocenters. The molecule has 1 heterocycles. The van der Waals surface area contributed by atoms with E-state index in [1.54, 1.807) is 12.1 Å². The third-order valence-electron chi connectivity index (χ3n) is 2.75. The average Bonchev–Trinajstić information content (AvgIpc) is 2.98. The molecule has 3 rings (SSSR count). The highest BCUT2D eigenvalue weighted by molar-refractivity contribution is 5.59. The second-order valence-corrected chi connectivity index (χ2v) is 4.18. The fraction of sp³-hybridized carbons (Fsp3) is 0.0667. The van der Waals surface area contributed by atoms with Gasteiger partial charge in [-0.3, -0.25) is 0 Å². The van der Waals surface area contributed by atoms with Crippen LogP contribution in [0.25, 0.3) is 22.9 Å². The summed E-state index contributed by atoms with van der Waals surface area (Å²) in [5.41, 5.74) is 1.30.